The summed E-state index contributed by atoms with van der Waals surface area (Å²) >= 11 is 0. The van der Waals surface area contributed by atoms with Gasteiger partial charge >= 0.3 is 0 Å². The van der Waals surface area contributed by atoms with Crippen molar-refractivity contribution < 1.29 is 14.3 Å². The van der Waals surface area contributed by atoms with Crippen LogP contribution in [0.2, 0.25) is 0 Å². The molecule has 1 heterocycles. The van der Waals surface area contributed by atoms with Crippen molar-refractivity contribution in [3.05, 3.63) is 0 Å². The Hall–Kier alpha value is -1.10. The Labute approximate surface area is 109 Å². The first kappa shape index (κ1) is 15.0. The molecule has 0 aliphatic carbocycles. The van der Waals surface area contributed by atoms with E-state index in [2.05, 4.69) is 5.32 Å². The predicted octanol–water partition coefficient (Wildman–Crippen LogP) is 0.786. The molecule has 0 saturated carbocycles. The maximum atomic E-state index is 11.8. The van der Waals surface area contributed by atoms with Crippen molar-refractivity contribution in [3.8, 4) is 0 Å². The van der Waals surface area contributed by atoms with Crippen LogP contribution in [0.25, 0.3) is 0 Å². The van der Waals surface area contributed by atoms with E-state index in [9.17, 15) is 9.59 Å². The largest absolute Gasteiger partial charge is 0.384 e. The summed E-state index contributed by atoms with van der Waals surface area (Å²) in [5, 5.41) is 3.02. The number of rotatable bonds is 5. The van der Waals surface area contributed by atoms with Gasteiger partial charge in [0, 0.05) is 32.2 Å². The maximum Gasteiger partial charge on any atom is 0.224 e. The van der Waals surface area contributed by atoms with Gasteiger partial charge in [-0.2, -0.15) is 0 Å². The second-order valence-electron chi connectivity index (χ2n) is 5.06. The van der Waals surface area contributed by atoms with Gasteiger partial charge in [-0.15, -0.1) is 0 Å². The van der Waals surface area contributed by atoms with Crippen molar-refractivity contribution >= 4 is 11.8 Å². The van der Waals surface area contributed by atoms with Crippen LogP contribution in [0.3, 0.4) is 0 Å². The van der Waals surface area contributed by atoms with Crippen LogP contribution >= 0.6 is 0 Å². The second kappa shape index (κ2) is 7.36. The number of ether oxygens (including phenoxy) is 1. The van der Waals surface area contributed by atoms with E-state index in [1.54, 1.807) is 7.11 Å². The molecule has 2 amide bonds. The number of piperidine rings is 1. The van der Waals surface area contributed by atoms with E-state index >= 15 is 0 Å². The summed E-state index contributed by atoms with van der Waals surface area (Å²) in [6, 6.07) is 0.214. The predicted molar refractivity (Wildman–Crippen MR) is 69.1 cm³/mol. The Morgan fingerprint density at radius 1 is 1.33 bits per heavy atom. The fourth-order valence-corrected chi connectivity index (χ4v) is 1.99. The van der Waals surface area contributed by atoms with Crippen LogP contribution in [-0.2, 0) is 14.3 Å². The second-order valence-corrected chi connectivity index (χ2v) is 5.06. The van der Waals surface area contributed by atoms with Gasteiger partial charge in [-0.25, -0.2) is 0 Å². The van der Waals surface area contributed by atoms with Crippen molar-refractivity contribution in [1.82, 2.24) is 10.2 Å². The molecule has 1 rings (SSSR count). The number of likely N-dealkylation sites (tertiary alicyclic amines) is 1. The standard InChI is InChI=1S/C13H24N2O3/c1-10(2)13(17)14-11-4-7-15(8-5-11)12(16)6-9-18-3/h10-11H,4-9H2,1-3H3,(H,14,17). The van der Waals surface area contributed by atoms with Gasteiger partial charge in [-0.3, -0.25) is 9.59 Å². The molecule has 5 nitrogen and oxygen atoms in total. The highest BCUT2D eigenvalue weighted by molar-refractivity contribution is 5.78. The Morgan fingerprint density at radius 2 is 1.94 bits per heavy atom. The Bertz CT molecular complexity index is 284. The van der Waals surface area contributed by atoms with Gasteiger partial charge in [0.1, 0.15) is 0 Å². The molecular formula is C13H24N2O3. The molecule has 1 aliphatic heterocycles. The maximum absolute atomic E-state index is 11.8. The summed E-state index contributed by atoms with van der Waals surface area (Å²) in [6.45, 7) is 5.71. The molecule has 104 valence electrons. The molecule has 0 aromatic carbocycles. The molecule has 0 unspecified atom stereocenters. The molecule has 1 N–H and O–H groups in total. The smallest absolute Gasteiger partial charge is 0.224 e. The van der Waals surface area contributed by atoms with E-state index in [0.29, 0.717) is 13.0 Å². The first-order valence-corrected chi connectivity index (χ1v) is 6.61. The average molecular weight is 256 g/mol. The van der Waals surface area contributed by atoms with Crippen LogP contribution in [-0.4, -0.2) is 49.6 Å². The van der Waals surface area contributed by atoms with E-state index < -0.39 is 0 Å². The van der Waals surface area contributed by atoms with Crippen molar-refractivity contribution in [2.24, 2.45) is 5.92 Å². The zero-order valence-corrected chi connectivity index (χ0v) is 11.6. The number of hydrogen-bond acceptors (Lipinski definition) is 3. The number of carbonyl (C=O) groups is 2. The van der Waals surface area contributed by atoms with Crippen molar-refractivity contribution in [2.75, 3.05) is 26.8 Å². The molecule has 0 aromatic rings. The van der Waals surface area contributed by atoms with Crippen LogP contribution < -0.4 is 5.32 Å². The molecule has 0 spiro atoms. The number of amides is 2. The third-order valence-electron chi connectivity index (χ3n) is 3.24. The van der Waals surface area contributed by atoms with E-state index in [-0.39, 0.29) is 23.8 Å². The quantitative estimate of drug-likeness (QED) is 0.791. The van der Waals surface area contributed by atoms with Gasteiger partial charge in [0.05, 0.1) is 13.0 Å². The zero-order valence-electron chi connectivity index (χ0n) is 11.6. The zero-order chi connectivity index (χ0) is 13.5. The van der Waals surface area contributed by atoms with Gasteiger partial charge < -0.3 is 15.0 Å². The van der Waals surface area contributed by atoms with Gasteiger partial charge in [0.15, 0.2) is 0 Å². The number of nitrogens with one attached hydrogen (secondary N) is 1. The van der Waals surface area contributed by atoms with Gasteiger partial charge in [0.25, 0.3) is 0 Å². The van der Waals surface area contributed by atoms with E-state index in [0.717, 1.165) is 25.9 Å². The minimum Gasteiger partial charge on any atom is -0.384 e. The number of nitrogens with zero attached hydrogens (tertiary/aromatic N) is 1. The fourth-order valence-electron chi connectivity index (χ4n) is 1.99. The van der Waals surface area contributed by atoms with Crippen LogP contribution in [0.4, 0.5) is 0 Å². The van der Waals surface area contributed by atoms with Crippen molar-refractivity contribution in [2.45, 2.75) is 39.2 Å². The van der Waals surface area contributed by atoms with Crippen LogP contribution in [0, 0.1) is 5.92 Å². The molecule has 5 heteroatoms. The van der Waals surface area contributed by atoms with E-state index in [1.165, 1.54) is 0 Å². The summed E-state index contributed by atoms with van der Waals surface area (Å²) < 4.78 is 4.90. The lowest BCUT2D eigenvalue weighted by Crippen LogP contribution is -2.47. The van der Waals surface area contributed by atoms with Gasteiger partial charge in [0.2, 0.25) is 11.8 Å². The number of hydrogen-bond donors (Lipinski definition) is 1. The molecule has 0 aromatic heterocycles. The monoisotopic (exact) mass is 256 g/mol. The number of methoxy groups -OCH3 is 1. The highest BCUT2D eigenvalue weighted by Gasteiger charge is 2.23. The average Bonchev–Trinajstić information content (AvgIpc) is 2.36. The summed E-state index contributed by atoms with van der Waals surface area (Å²) in [5.41, 5.74) is 0. The first-order chi connectivity index (χ1) is 8.54. The lowest BCUT2D eigenvalue weighted by molar-refractivity contribution is -0.133. The highest BCUT2D eigenvalue weighted by Crippen LogP contribution is 2.12. The normalized spacial score (nSPS) is 17.0. The fraction of sp³-hybridized carbons (Fsp3) is 0.846. The molecule has 18 heavy (non-hydrogen) atoms. The van der Waals surface area contributed by atoms with E-state index in [4.69, 9.17) is 4.74 Å². The van der Waals surface area contributed by atoms with Gasteiger partial charge in [-0.1, -0.05) is 13.8 Å². The third kappa shape index (κ3) is 4.64. The summed E-state index contributed by atoms with van der Waals surface area (Å²) in [7, 11) is 1.60. The number of carbonyl (C=O) groups excluding carboxylic acids is 2. The highest BCUT2D eigenvalue weighted by atomic mass is 16.5. The van der Waals surface area contributed by atoms with E-state index in [1.807, 2.05) is 18.7 Å². The Kier molecular flexibility index (Phi) is 6.12. The van der Waals surface area contributed by atoms with Crippen molar-refractivity contribution in [3.63, 3.8) is 0 Å². The minimum absolute atomic E-state index is 0.0198. The SMILES string of the molecule is COCCC(=O)N1CCC(NC(=O)C(C)C)CC1. The molecule has 1 saturated heterocycles. The summed E-state index contributed by atoms with van der Waals surface area (Å²) in [6.07, 6.45) is 2.13. The van der Waals surface area contributed by atoms with Crippen molar-refractivity contribution in [1.29, 1.82) is 0 Å². The van der Waals surface area contributed by atoms with Gasteiger partial charge in [-0.05, 0) is 12.8 Å². The molecular weight excluding hydrogens is 232 g/mol. The Balaban J connectivity index is 2.28. The van der Waals surface area contributed by atoms with Crippen LogP contribution in [0.1, 0.15) is 33.1 Å². The lowest BCUT2D eigenvalue weighted by atomic mass is 10.0. The molecule has 1 aliphatic rings. The third-order valence-corrected chi connectivity index (χ3v) is 3.24. The lowest BCUT2D eigenvalue weighted by Gasteiger charge is -2.32. The Morgan fingerprint density at radius 3 is 2.44 bits per heavy atom. The first-order valence-electron chi connectivity index (χ1n) is 6.61. The summed E-state index contributed by atoms with van der Waals surface area (Å²) in [4.78, 5) is 25.2. The van der Waals surface area contributed by atoms with Crippen LogP contribution in [0.15, 0.2) is 0 Å². The van der Waals surface area contributed by atoms with Crippen LogP contribution in [0.5, 0.6) is 0 Å². The summed E-state index contributed by atoms with van der Waals surface area (Å²) in [5.74, 6) is 0.260. The molecule has 0 atom stereocenters. The minimum atomic E-state index is 0.0198. The topological polar surface area (TPSA) is 58.6 Å². The molecule has 1 fully saturated rings. The molecule has 0 bridgehead atoms. The molecule has 0 radical (unpaired) electrons.